The van der Waals surface area contributed by atoms with E-state index in [1.165, 1.54) is 99.4 Å². The summed E-state index contributed by atoms with van der Waals surface area (Å²) < 4.78 is 0. The third-order valence-electron chi connectivity index (χ3n) is 14.9. The fourth-order valence-corrected chi connectivity index (χ4v) is 11.7. The van der Waals surface area contributed by atoms with E-state index in [1.54, 1.807) is 0 Å². The molecule has 1 spiro atoms. The van der Waals surface area contributed by atoms with E-state index in [0.717, 1.165) is 17.1 Å². The molecule has 0 aliphatic heterocycles. The molecule has 0 N–H and O–H groups in total. The van der Waals surface area contributed by atoms with Gasteiger partial charge in [-0.1, -0.05) is 214 Å². The van der Waals surface area contributed by atoms with E-state index in [2.05, 4.69) is 267 Å². The predicted molar refractivity (Wildman–Crippen MR) is 282 cm³/mol. The van der Waals surface area contributed by atoms with Gasteiger partial charge in [0.15, 0.2) is 0 Å². The van der Waals surface area contributed by atoms with Gasteiger partial charge in [0, 0.05) is 22.5 Å². The molecule has 0 radical (unpaired) electrons. The summed E-state index contributed by atoms with van der Waals surface area (Å²) in [6, 6.07) is 92.3. The zero-order valence-corrected chi connectivity index (χ0v) is 37.6. The molecule has 0 aromatic heterocycles. The lowest BCUT2D eigenvalue weighted by Crippen LogP contribution is -2.40. The van der Waals surface area contributed by atoms with Crippen LogP contribution in [0.3, 0.4) is 0 Å². The van der Waals surface area contributed by atoms with Crippen molar-refractivity contribution >= 4 is 38.6 Å². The third-order valence-corrected chi connectivity index (χ3v) is 14.9. The maximum absolute atomic E-state index is 2.45. The van der Waals surface area contributed by atoms with Crippen LogP contribution < -0.4 is 4.90 Å². The number of nitrogens with zero attached hydrogens (tertiary/aromatic N) is 1. The van der Waals surface area contributed by atoms with Gasteiger partial charge in [-0.25, -0.2) is 0 Å². The number of hydrogen-bond acceptors (Lipinski definition) is 1. The summed E-state index contributed by atoms with van der Waals surface area (Å²) in [5.41, 5.74) is 21.1. The fraction of sp³-hybridized carbons (Fsp3) is 0.0606. The van der Waals surface area contributed by atoms with Crippen LogP contribution >= 0.6 is 0 Å². The van der Waals surface area contributed by atoms with Gasteiger partial charge in [-0.3, -0.25) is 0 Å². The molecule has 316 valence electrons. The van der Waals surface area contributed by atoms with E-state index >= 15 is 0 Å². The van der Waals surface area contributed by atoms with Gasteiger partial charge in [0.1, 0.15) is 0 Å². The summed E-state index contributed by atoms with van der Waals surface area (Å²) in [5.74, 6) is 0. The molecule has 1 nitrogen and oxygen atoms in total. The molecule has 0 heterocycles. The molecule has 13 rings (SSSR count). The van der Waals surface area contributed by atoms with E-state index in [-0.39, 0.29) is 10.8 Å². The van der Waals surface area contributed by atoms with Crippen LogP contribution in [0.25, 0.3) is 66.1 Å². The van der Waals surface area contributed by atoms with Gasteiger partial charge in [0.25, 0.3) is 0 Å². The molecule has 0 fully saturated rings. The van der Waals surface area contributed by atoms with E-state index in [0.29, 0.717) is 0 Å². The highest BCUT2D eigenvalue weighted by atomic mass is 15.1. The second-order valence-corrected chi connectivity index (χ2v) is 18.8. The lowest BCUT2D eigenvalue weighted by atomic mass is 9.55. The first-order chi connectivity index (χ1) is 33.0. The van der Waals surface area contributed by atoms with Crippen molar-refractivity contribution in [1.29, 1.82) is 0 Å². The lowest BCUT2D eigenvalue weighted by molar-refractivity contribution is 0.563. The second kappa shape index (κ2) is 15.2. The lowest BCUT2D eigenvalue weighted by Gasteiger charge is -2.46. The van der Waals surface area contributed by atoms with Gasteiger partial charge in [-0.05, 0) is 148 Å². The van der Waals surface area contributed by atoms with Gasteiger partial charge >= 0.3 is 0 Å². The van der Waals surface area contributed by atoms with E-state index in [4.69, 9.17) is 0 Å². The Bertz CT molecular complexity index is 3560. The molecule has 0 unspecified atom stereocenters. The quantitative estimate of drug-likeness (QED) is 0.151. The number of rotatable bonds is 6. The normalized spacial score (nSPS) is 13.8. The van der Waals surface area contributed by atoms with Crippen molar-refractivity contribution in [3.8, 4) is 44.5 Å². The van der Waals surface area contributed by atoms with Gasteiger partial charge in [0.05, 0.1) is 5.41 Å². The van der Waals surface area contributed by atoms with Crippen molar-refractivity contribution in [3.63, 3.8) is 0 Å². The molecule has 2 aliphatic carbocycles. The molecule has 11 aromatic carbocycles. The molecule has 0 saturated heterocycles. The highest BCUT2D eigenvalue weighted by molar-refractivity contribution is 6.09. The molecular formula is C66H47N. The Morgan fingerprint density at radius 3 is 1.25 bits per heavy atom. The summed E-state index contributed by atoms with van der Waals surface area (Å²) in [5, 5.41) is 4.94. The fourth-order valence-electron chi connectivity index (χ4n) is 11.7. The molecule has 0 atom stereocenters. The van der Waals surface area contributed by atoms with Crippen LogP contribution in [0.4, 0.5) is 17.1 Å². The Balaban J connectivity index is 0.892. The Kier molecular flexibility index (Phi) is 8.85. The van der Waals surface area contributed by atoms with E-state index < -0.39 is 0 Å². The topological polar surface area (TPSA) is 3.24 Å². The molecule has 0 amide bonds. The van der Waals surface area contributed by atoms with Crippen LogP contribution in [0, 0.1) is 0 Å². The van der Waals surface area contributed by atoms with E-state index in [9.17, 15) is 0 Å². The SMILES string of the molecule is CC1(C)c2ccccc2C2(c3ccccc3-c3cc(-c4ccc5c(ccc6cc(N(c7ccc(-c8ccccc8)cc7)c7ccc(-c8ccccc8)cc7)ccc65)c4)ccc32)c2ccccc21. The Morgan fingerprint density at radius 2 is 0.672 bits per heavy atom. The molecular weight excluding hydrogens is 807 g/mol. The van der Waals surface area contributed by atoms with Crippen molar-refractivity contribution in [2.24, 2.45) is 0 Å². The number of benzene rings is 11. The number of hydrogen-bond donors (Lipinski definition) is 0. The summed E-state index contributed by atoms with van der Waals surface area (Å²) in [6.45, 7) is 4.77. The molecule has 11 aromatic rings. The maximum Gasteiger partial charge on any atom is 0.0719 e. The average molecular weight is 854 g/mol. The summed E-state index contributed by atoms with van der Waals surface area (Å²) in [6.07, 6.45) is 0. The van der Waals surface area contributed by atoms with Crippen LogP contribution in [-0.4, -0.2) is 0 Å². The molecule has 1 heteroatoms. The van der Waals surface area contributed by atoms with E-state index in [1.807, 2.05) is 0 Å². The highest BCUT2D eigenvalue weighted by Gasteiger charge is 2.53. The van der Waals surface area contributed by atoms with Gasteiger partial charge in [0.2, 0.25) is 0 Å². The first-order valence-electron chi connectivity index (χ1n) is 23.5. The van der Waals surface area contributed by atoms with Crippen molar-refractivity contribution in [2.45, 2.75) is 24.7 Å². The molecule has 67 heavy (non-hydrogen) atoms. The van der Waals surface area contributed by atoms with Gasteiger partial charge in [-0.2, -0.15) is 0 Å². The first kappa shape index (κ1) is 39.1. The van der Waals surface area contributed by atoms with Crippen LogP contribution in [0.5, 0.6) is 0 Å². The summed E-state index contributed by atoms with van der Waals surface area (Å²) >= 11 is 0. The predicted octanol–water partition coefficient (Wildman–Crippen LogP) is 17.5. The first-order valence-corrected chi connectivity index (χ1v) is 23.5. The Morgan fingerprint density at radius 1 is 0.269 bits per heavy atom. The number of anilines is 3. The zero-order valence-electron chi connectivity index (χ0n) is 37.6. The minimum absolute atomic E-state index is 0.115. The zero-order chi connectivity index (χ0) is 44.7. The second-order valence-electron chi connectivity index (χ2n) is 18.8. The van der Waals surface area contributed by atoms with Crippen molar-refractivity contribution in [2.75, 3.05) is 4.90 Å². The monoisotopic (exact) mass is 853 g/mol. The average Bonchev–Trinajstić information content (AvgIpc) is 3.69. The van der Waals surface area contributed by atoms with Crippen LogP contribution in [0.2, 0.25) is 0 Å². The molecule has 2 aliphatic rings. The van der Waals surface area contributed by atoms with Crippen molar-refractivity contribution in [1.82, 2.24) is 0 Å². The van der Waals surface area contributed by atoms with Crippen LogP contribution in [0.15, 0.2) is 249 Å². The minimum Gasteiger partial charge on any atom is -0.310 e. The number of fused-ring (bicyclic) bond motifs is 12. The largest absolute Gasteiger partial charge is 0.310 e. The Labute approximate surface area is 392 Å². The molecule has 0 bridgehead atoms. The standard InChI is InChI=1S/C66H47N/c1-65(2)61-21-11-13-23-63(61)66(64-24-14-12-22-62(64)65)59-20-10-9-19-57(59)58-43-49(32-40-60(58)66)48-31-38-55-50(41-48)25-26-51-42-54(37-39-56(51)55)67(52-33-27-46(28-34-52)44-15-5-3-6-16-44)53-35-29-47(30-36-53)45-17-7-4-8-18-45/h3-43H,1-2H3. The third kappa shape index (κ3) is 6.01. The molecule has 0 saturated carbocycles. The van der Waals surface area contributed by atoms with Gasteiger partial charge in [-0.15, -0.1) is 0 Å². The Hall–Kier alpha value is -8.26. The van der Waals surface area contributed by atoms with Crippen LogP contribution in [-0.2, 0) is 10.8 Å². The smallest absolute Gasteiger partial charge is 0.0719 e. The summed E-state index contributed by atoms with van der Waals surface area (Å²) in [4.78, 5) is 2.37. The minimum atomic E-state index is -0.388. The van der Waals surface area contributed by atoms with Crippen molar-refractivity contribution < 1.29 is 0 Å². The highest BCUT2D eigenvalue weighted by Crippen LogP contribution is 2.62. The van der Waals surface area contributed by atoms with Crippen LogP contribution in [0.1, 0.15) is 47.2 Å². The van der Waals surface area contributed by atoms with Gasteiger partial charge < -0.3 is 4.90 Å². The maximum atomic E-state index is 2.45. The summed E-state index contributed by atoms with van der Waals surface area (Å²) in [7, 11) is 0. The van der Waals surface area contributed by atoms with Crippen molar-refractivity contribution in [3.05, 3.63) is 282 Å².